The SMILES string of the molecule is CCC(Cc1c[nH]c2ccccc12)N=Cc1c(O)n(-c2ccc(Cl)cc2)c(=O)[nH]c1=O. The normalized spacial score (nSPS) is 12.6. The molecule has 8 heteroatoms. The second kappa shape index (κ2) is 8.65. The molecule has 1 unspecified atom stereocenters. The average molecular weight is 437 g/mol. The van der Waals surface area contributed by atoms with Crippen molar-refractivity contribution in [1.29, 1.82) is 0 Å². The first-order valence-corrected chi connectivity index (χ1v) is 10.3. The fraction of sp³-hybridized carbons (Fsp3) is 0.174. The van der Waals surface area contributed by atoms with Crippen LogP contribution in [-0.2, 0) is 6.42 Å². The molecule has 0 radical (unpaired) electrons. The van der Waals surface area contributed by atoms with Crippen LogP contribution in [-0.4, -0.2) is 31.9 Å². The number of benzene rings is 2. The Morgan fingerprint density at radius 1 is 1.16 bits per heavy atom. The van der Waals surface area contributed by atoms with E-state index in [4.69, 9.17) is 11.6 Å². The molecular weight excluding hydrogens is 416 g/mol. The highest BCUT2D eigenvalue weighted by atomic mass is 35.5. The minimum absolute atomic E-state index is 0.0769. The molecule has 0 saturated carbocycles. The van der Waals surface area contributed by atoms with Gasteiger partial charge in [-0.25, -0.2) is 9.36 Å². The van der Waals surface area contributed by atoms with Crippen molar-refractivity contribution in [3.05, 3.63) is 91.7 Å². The molecule has 31 heavy (non-hydrogen) atoms. The van der Waals surface area contributed by atoms with Gasteiger partial charge in [0.25, 0.3) is 5.56 Å². The number of hydrogen-bond acceptors (Lipinski definition) is 4. The largest absolute Gasteiger partial charge is 0.493 e. The number of hydrogen-bond donors (Lipinski definition) is 3. The van der Waals surface area contributed by atoms with Crippen molar-refractivity contribution in [2.24, 2.45) is 4.99 Å². The number of para-hydroxylation sites is 1. The van der Waals surface area contributed by atoms with E-state index in [0.717, 1.165) is 27.5 Å². The Labute approximate surface area is 182 Å². The van der Waals surface area contributed by atoms with Gasteiger partial charge < -0.3 is 10.1 Å². The first-order valence-electron chi connectivity index (χ1n) is 9.90. The fourth-order valence-corrected chi connectivity index (χ4v) is 3.65. The van der Waals surface area contributed by atoms with Crippen LogP contribution in [0.4, 0.5) is 0 Å². The minimum atomic E-state index is -0.743. The number of aromatic hydroxyl groups is 1. The minimum Gasteiger partial charge on any atom is -0.493 e. The van der Waals surface area contributed by atoms with E-state index in [1.54, 1.807) is 24.3 Å². The predicted octanol–water partition coefficient (Wildman–Crippen LogP) is 3.81. The highest BCUT2D eigenvalue weighted by molar-refractivity contribution is 6.30. The summed E-state index contributed by atoms with van der Waals surface area (Å²) in [6.45, 7) is 2.01. The van der Waals surface area contributed by atoms with Crippen molar-refractivity contribution < 1.29 is 5.11 Å². The molecule has 0 aliphatic heterocycles. The Morgan fingerprint density at radius 2 is 1.90 bits per heavy atom. The molecular formula is C23H21ClN4O3. The van der Waals surface area contributed by atoms with Gasteiger partial charge in [-0.1, -0.05) is 36.7 Å². The van der Waals surface area contributed by atoms with Gasteiger partial charge in [0.1, 0.15) is 5.56 Å². The van der Waals surface area contributed by atoms with Gasteiger partial charge >= 0.3 is 5.69 Å². The van der Waals surface area contributed by atoms with Crippen LogP contribution in [0.5, 0.6) is 5.88 Å². The van der Waals surface area contributed by atoms with Gasteiger partial charge in [-0.3, -0.25) is 14.8 Å². The maximum atomic E-state index is 12.3. The second-order valence-electron chi connectivity index (χ2n) is 7.21. The number of aromatic amines is 2. The van der Waals surface area contributed by atoms with Crippen molar-refractivity contribution in [3.63, 3.8) is 0 Å². The lowest BCUT2D eigenvalue weighted by molar-refractivity contribution is 0.430. The van der Waals surface area contributed by atoms with E-state index in [9.17, 15) is 14.7 Å². The summed E-state index contributed by atoms with van der Waals surface area (Å²) < 4.78 is 1.01. The van der Waals surface area contributed by atoms with E-state index in [1.807, 2.05) is 31.3 Å². The fourth-order valence-electron chi connectivity index (χ4n) is 3.52. The summed E-state index contributed by atoms with van der Waals surface area (Å²) in [4.78, 5) is 34.7. The van der Waals surface area contributed by atoms with Crippen LogP contribution in [0.15, 0.2) is 69.3 Å². The van der Waals surface area contributed by atoms with Gasteiger partial charge in [0.05, 0.1) is 11.7 Å². The molecule has 0 aliphatic carbocycles. The Hall–Kier alpha value is -3.58. The molecule has 2 aromatic heterocycles. The lowest BCUT2D eigenvalue weighted by Gasteiger charge is -2.11. The van der Waals surface area contributed by atoms with Crippen LogP contribution in [0.3, 0.4) is 0 Å². The van der Waals surface area contributed by atoms with E-state index in [-0.39, 0.29) is 11.6 Å². The van der Waals surface area contributed by atoms with Crippen molar-refractivity contribution in [3.8, 4) is 11.6 Å². The van der Waals surface area contributed by atoms with Gasteiger partial charge in [-0.15, -0.1) is 0 Å². The number of rotatable bonds is 6. The highest BCUT2D eigenvalue weighted by Crippen LogP contribution is 2.21. The first-order chi connectivity index (χ1) is 15.0. The molecule has 0 saturated heterocycles. The van der Waals surface area contributed by atoms with Gasteiger partial charge in [0.15, 0.2) is 0 Å². The molecule has 0 fully saturated rings. The van der Waals surface area contributed by atoms with Crippen LogP contribution in [0.1, 0.15) is 24.5 Å². The molecule has 0 amide bonds. The Kier molecular flexibility index (Phi) is 5.77. The number of H-pyrrole nitrogens is 2. The molecule has 0 aliphatic rings. The summed E-state index contributed by atoms with van der Waals surface area (Å²) in [5.41, 5.74) is 1.05. The van der Waals surface area contributed by atoms with Gasteiger partial charge in [-0.05, 0) is 48.7 Å². The summed E-state index contributed by atoms with van der Waals surface area (Å²) in [7, 11) is 0. The smallest absolute Gasteiger partial charge is 0.335 e. The third-order valence-corrected chi connectivity index (χ3v) is 5.47. The van der Waals surface area contributed by atoms with Crippen LogP contribution < -0.4 is 11.2 Å². The molecule has 1 atom stereocenters. The third kappa shape index (κ3) is 4.18. The lowest BCUT2D eigenvalue weighted by Crippen LogP contribution is -2.31. The zero-order valence-corrected chi connectivity index (χ0v) is 17.6. The van der Waals surface area contributed by atoms with Gasteiger partial charge in [0, 0.05) is 28.3 Å². The predicted molar refractivity (Wildman–Crippen MR) is 123 cm³/mol. The van der Waals surface area contributed by atoms with Crippen molar-refractivity contribution >= 4 is 28.7 Å². The number of nitrogens with zero attached hydrogens (tertiary/aromatic N) is 2. The summed E-state index contributed by atoms with van der Waals surface area (Å²) in [5.74, 6) is -0.471. The zero-order chi connectivity index (χ0) is 22.0. The Balaban J connectivity index is 1.67. The first kappa shape index (κ1) is 20.7. The number of fused-ring (bicyclic) bond motifs is 1. The lowest BCUT2D eigenvalue weighted by atomic mass is 10.0. The average Bonchev–Trinajstić information content (AvgIpc) is 3.16. The standard InChI is InChI=1S/C23H21ClN4O3/c1-2-16(11-14-12-26-20-6-4-3-5-18(14)20)25-13-19-21(29)27-23(31)28(22(19)30)17-9-7-15(24)8-10-17/h3-10,12-13,16,26,30H,2,11H2,1H3,(H,27,29,31). The number of aromatic nitrogens is 3. The van der Waals surface area contributed by atoms with Gasteiger partial charge in [-0.2, -0.15) is 0 Å². The van der Waals surface area contributed by atoms with Crippen molar-refractivity contribution in [2.45, 2.75) is 25.8 Å². The zero-order valence-electron chi connectivity index (χ0n) is 16.8. The summed E-state index contributed by atoms with van der Waals surface area (Å²) in [6, 6.07) is 14.3. The number of aliphatic imine (C=N–C) groups is 1. The molecule has 158 valence electrons. The summed E-state index contributed by atoms with van der Waals surface area (Å²) in [5, 5.41) is 12.3. The summed E-state index contributed by atoms with van der Waals surface area (Å²) >= 11 is 5.90. The molecule has 7 nitrogen and oxygen atoms in total. The van der Waals surface area contributed by atoms with Crippen molar-refractivity contribution in [2.75, 3.05) is 0 Å². The van der Waals surface area contributed by atoms with Crippen LogP contribution >= 0.6 is 11.6 Å². The molecule has 0 spiro atoms. The molecule has 2 heterocycles. The van der Waals surface area contributed by atoms with Crippen LogP contribution in [0.2, 0.25) is 5.02 Å². The molecule has 4 aromatic rings. The highest BCUT2D eigenvalue weighted by Gasteiger charge is 2.15. The van der Waals surface area contributed by atoms with E-state index in [1.165, 1.54) is 6.21 Å². The molecule has 0 bridgehead atoms. The molecule has 2 aromatic carbocycles. The quantitative estimate of drug-likeness (QED) is 0.400. The van der Waals surface area contributed by atoms with E-state index >= 15 is 0 Å². The monoisotopic (exact) mass is 436 g/mol. The van der Waals surface area contributed by atoms with Crippen molar-refractivity contribution in [1.82, 2.24) is 14.5 Å². The van der Waals surface area contributed by atoms with Crippen LogP contribution in [0, 0.1) is 0 Å². The van der Waals surface area contributed by atoms with E-state index in [0.29, 0.717) is 17.1 Å². The number of nitrogens with one attached hydrogen (secondary N) is 2. The van der Waals surface area contributed by atoms with Gasteiger partial charge in [0.2, 0.25) is 5.88 Å². The second-order valence-corrected chi connectivity index (χ2v) is 7.65. The number of halogens is 1. The maximum absolute atomic E-state index is 12.3. The topological polar surface area (TPSA) is 103 Å². The third-order valence-electron chi connectivity index (χ3n) is 5.22. The summed E-state index contributed by atoms with van der Waals surface area (Å²) in [6.07, 6.45) is 4.72. The molecule has 4 rings (SSSR count). The Morgan fingerprint density at radius 3 is 2.65 bits per heavy atom. The Bertz CT molecular complexity index is 1370. The molecule has 3 N–H and O–H groups in total. The van der Waals surface area contributed by atoms with E-state index < -0.39 is 17.1 Å². The maximum Gasteiger partial charge on any atom is 0.335 e. The van der Waals surface area contributed by atoms with Crippen LogP contribution in [0.25, 0.3) is 16.6 Å². The van der Waals surface area contributed by atoms with E-state index in [2.05, 4.69) is 21.0 Å².